The zero-order valence-electron chi connectivity index (χ0n) is 26.4. The van der Waals surface area contributed by atoms with Crippen LogP contribution in [-0.4, -0.2) is 41.6 Å². The number of benzene rings is 3. The maximum Gasteiger partial charge on any atom is 0.414 e. The first-order valence-corrected chi connectivity index (χ1v) is 16.4. The summed E-state index contributed by atoms with van der Waals surface area (Å²) in [6.07, 6.45) is 1.27. The summed E-state index contributed by atoms with van der Waals surface area (Å²) in [4.78, 5) is 43.6. The van der Waals surface area contributed by atoms with Crippen molar-refractivity contribution in [1.82, 2.24) is 20.9 Å². The van der Waals surface area contributed by atoms with Crippen LogP contribution in [0.5, 0.6) is 11.6 Å². The molecule has 244 valence electrons. The number of hydrogen-bond donors (Lipinski definition) is 5. The predicted molar refractivity (Wildman–Crippen MR) is 183 cm³/mol. The van der Waals surface area contributed by atoms with Crippen LogP contribution < -0.4 is 31.2 Å². The zero-order valence-corrected chi connectivity index (χ0v) is 27.2. The predicted octanol–water partition coefficient (Wildman–Crippen LogP) is 5.14. The van der Waals surface area contributed by atoms with E-state index in [-0.39, 0.29) is 31.2 Å². The Morgan fingerprint density at radius 3 is 2.26 bits per heavy atom. The summed E-state index contributed by atoms with van der Waals surface area (Å²) in [6, 6.07) is 22.7. The molecule has 47 heavy (non-hydrogen) atoms. The minimum Gasteiger partial charge on any atom is -0.494 e. The highest BCUT2D eigenvalue weighted by Gasteiger charge is 2.29. The number of thiophene rings is 1. The van der Waals surface area contributed by atoms with Crippen LogP contribution in [0.15, 0.2) is 90.4 Å². The van der Waals surface area contributed by atoms with Crippen molar-refractivity contribution in [2.75, 3.05) is 6.61 Å². The van der Waals surface area contributed by atoms with E-state index in [9.17, 15) is 14.4 Å². The van der Waals surface area contributed by atoms with Gasteiger partial charge in [0.2, 0.25) is 17.7 Å². The molecule has 0 spiro atoms. The monoisotopic (exact) mass is 653 g/mol. The molecule has 0 unspecified atom stereocenters. The maximum atomic E-state index is 14.0. The summed E-state index contributed by atoms with van der Waals surface area (Å²) in [6.45, 7) is 4.93. The molecule has 2 heterocycles. The molecule has 0 radical (unpaired) electrons. The van der Waals surface area contributed by atoms with Gasteiger partial charge >= 0.3 is 6.09 Å². The Kier molecular flexibility index (Phi) is 11.3. The molecule has 0 aliphatic heterocycles. The highest BCUT2D eigenvalue weighted by atomic mass is 32.1. The quantitative estimate of drug-likeness (QED) is 0.112. The van der Waals surface area contributed by atoms with Crippen LogP contribution in [0, 0.1) is 6.92 Å². The van der Waals surface area contributed by atoms with Crippen molar-refractivity contribution in [3.63, 3.8) is 0 Å². The van der Waals surface area contributed by atoms with E-state index in [0.717, 1.165) is 37.9 Å². The van der Waals surface area contributed by atoms with E-state index >= 15 is 0 Å². The van der Waals surface area contributed by atoms with Crippen LogP contribution in [0.3, 0.4) is 0 Å². The van der Waals surface area contributed by atoms with Gasteiger partial charge in [0, 0.05) is 42.4 Å². The van der Waals surface area contributed by atoms with Crippen LogP contribution in [0.25, 0.3) is 10.1 Å². The van der Waals surface area contributed by atoms with Crippen molar-refractivity contribution < 1.29 is 23.9 Å². The number of ether oxygens (including phenoxy) is 2. The summed E-state index contributed by atoms with van der Waals surface area (Å²) in [7, 11) is 0. The Hall–Kier alpha value is -5.13. The van der Waals surface area contributed by atoms with Gasteiger partial charge in [-0.3, -0.25) is 9.59 Å². The number of carbonyl (C=O) groups is 3. The second-order valence-electron chi connectivity index (χ2n) is 11.1. The fraction of sp³-hybridized carbons (Fsp3) is 0.250. The molecule has 0 fully saturated rings. The van der Waals surface area contributed by atoms with Gasteiger partial charge in [0.1, 0.15) is 17.8 Å². The van der Waals surface area contributed by atoms with E-state index in [4.69, 9.17) is 15.2 Å². The SMILES string of the molecule is CCOc1ccc(C[C@@H](NC(=O)Oc2[nH]ccc2C)C(=O)N[C@@H](Cc2csc3ccccc23)C(=O)NCc2ccc(CN)cc2)cc1. The van der Waals surface area contributed by atoms with Gasteiger partial charge in [0.25, 0.3) is 0 Å². The van der Waals surface area contributed by atoms with Gasteiger partial charge in [-0.1, -0.05) is 54.6 Å². The second-order valence-corrected chi connectivity index (χ2v) is 12.0. The summed E-state index contributed by atoms with van der Waals surface area (Å²) in [5.41, 5.74) is 10.1. The first-order valence-electron chi connectivity index (χ1n) is 15.5. The molecule has 10 nitrogen and oxygen atoms in total. The Labute approximate surface area is 277 Å². The van der Waals surface area contributed by atoms with E-state index in [1.807, 2.05) is 85.1 Å². The largest absolute Gasteiger partial charge is 0.494 e. The second kappa shape index (κ2) is 15.9. The molecule has 5 aromatic rings. The number of amides is 3. The Morgan fingerprint density at radius 2 is 1.55 bits per heavy atom. The molecule has 5 rings (SSSR count). The third-order valence-electron chi connectivity index (χ3n) is 7.73. The number of aryl methyl sites for hydroxylation is 1. The molecule has 11 heteroatoms. The van der Waals surface area contributed by atoms with Gasteiger partial charge in [-0.25, -0.2) is 4.79 Å². The van der Waals surface area contributed by atoms with Gasteiger partial charge in [0.15, 0.2) is 0 Å². The number of aromatic amines is 1. The number of nitrogens with one attached hydrogen (secondary N) is 4. The maximum absolute atomic E-state index is 14.0. The van der Waals surface area contributed by atoms with Gasteiger partial charge in [0.05, 0.1) is 6.61 Å². The van der Waals surface area contributed by atoms with Gasteiger partial charge in [-0.15, -0.1) is 11.3 Å². The van der Waals surface area contributed by atoms with Crippen molar-refractivity contribution in [3.05, 3.63) is 118 Å². The van der Waals surface area contributed by atoms with E-state index in [1.54, 1.807) is 30.5 Å². The van der Waals surface area contributed by atoms with Crippen LogP contribution >= 0.6 is 11.3 Å². The summed E-state index contributed by atoms with van der Waals surface area (Å²) in [5.74, 6) is 0.111. The number of nitrogens with two attached hydrogens (primary N) is 1. The average molecular weight is 654 g/mol. The zero-order chi connectivity index (χ0) is 33.2. The van der Waals surface area contributed by atoms with Crippen molar-refractivity contribution in [2.24, 2.45) is 5.73 Å². The molecule has 3 amide bonds. The standard InChI is InChI=1S/C36H39N5O5S/c1-3-45-28-14-12-24(13-15-28)18-30(41-36(44)46-35-23(2)16-17-38-35)34(43)40-31(19-27-22-47-32-7-5-4-6-29(27)32)33(42)39-21-26-10-8-25(20-37)9-11-26/h4-17,22,30-31,38H,3,18-21,37H2,1-2H3,(H,39,42)(H,40,43)(H,41,44)/t30-,31+/m1/s1. The average Bonchev–Trinajstić information content (AvgIpc) is 3.69. The highest BCUT2D eigenvalue weighted by molar-refractivity contribution is 7.17. The van der Waals surface area contributed by atoms with E-state index < -0.39 is 24.1 Å². The van der Waals surface area contributed by atoms with Crippen molar-refractivity contribution in [2.45, 2.75) is 51.9 Å². The smallest absolute Gasteiger partial charge is 0.414 e. The van der Waals surface area contributed by atoms with Crippen LogP contribution in [0.1, 0.15) is 34.7 Å². The highest BCUT2D eigenvalue weighted by Crippen LogP contribution is 2.27. The van der Waals surface area contributed by atoms with Gasteiger partial charge in [-0.05, 0) is 71.1 Å². The molecule has 0 saturated carbocycles. The lowest BCUT2D eigenvalue weighted by Gasteiger charge is -2.23. The first kappa shape index (κ1) is 33.2. The summed E-state index contributed by atoms with van der Waals surface area (Å²) >= 11 is 1.58. The Balaban J connectivity index is 1.37. The lowest BCUT2D eigenvalue weighted by Crippen LogP contribution is -2.55. The number of carbonyl (C=O) groups excluding carboxylic acids is 3. The number of H-pyrrole nitrogens is 1. The van der Waals surface area contributed by atoms with Crippen LogP contribution in [0.4, 0.5) is 4.79 Å². The van der Waals surface area contributed by atoms with E-state index in [2.05, 4.69) is 20.9 Å². The number of hydrogen-bond acceptors (Lipinski definition) is 7. The van der Waals surface area contributed by atoms with Crippen molar-refractivity contribution in [3.8, 4) is 11.6 Å². The Bertz CT molecular complexity index is 1800. The molecule has 3 aromatic carbocycles. The van der Waals surface area contributed by atoms with Crippen molar-refractivity contribution >= 4 is 39.3 Å². The molecular weight excluding hydrogens is 614 g/mol. The molecule has 2 aromatic heterocycles. The van der Waals surface area contributed by atoms with Gasteiger partial charge in [-0.2, -0.15) is 0 Å². The third-order valence-corrected chi connectivity index (χ3v) is 8.74. The minimum absolute atomic E-state index is 0.153. The van der Waals surface area contributed by atoms with E-state index in [1.165, 1.54) is 0 Å². The van der Waals surface area contributed by atoms with Gasteiger partial charge < -0.3 is 36.1 Å². The first-order chi connectivity index (χ1) is 22.8. The summed E-state index contributed by atoms with van der Waals surface area (Å²) in [5, 5.41) is 11.7. The topological polar surface area (TPSA) is 148 Å². The number of fused-ring (bicyclic) bond motifs is 1. The fourth-order valence-electron chi connectivity index (χ4n) is 5.14. The van der Waals surface area contributed by atoms with Crippen LogP contribution in [0.2, 0.25) is 0 Å². The van der Waals surface area contributed by atoms with Crippen LogP contribution in [-0.2, 0) is 35.5 Å². The molecule has 0 aliphatic carbocycles. The minimum atomic E-state index is -1.05. The molecule has 2 atom stereocenters. The molecule has 6 N–H and O–H groups in total. The summed E-state index contributed by atoms with van der Waals surface area (Å²) < 4.78 is 12.1. The number of rotatable bonds is 14. The third kappa shape index (κ3) is 8.99. The molecular formula is C36H39N5O5S. The molecule has 0 bridgehead atoms. The Morgan fingerprint density at radius 1 is 0.851 bits per heavy atom. The lowest BCUT2D eigenvalue weighted by molar-refractivity contribution is -0.130. The normalized spacial score (nSPS) is 12.2. The van der Waals surface area contributed by atoms with Crippen molar-refractivity contribution in [1.29, 1.82) is 0 Å². The van der Waals surface area contributed by atoms with E-state index in [0.29, 0.717) is 18.9 Å². The molecule has 0 saturated heterocycles. The molecule has 0 aliphatic rings. The number of aromatic nitrogens is 1. The lowest BCUT2D eigenvalue weighted by atomic mass is 10.0. The fourth-order valence-corrected chi connectivity index (χ4v) is 6.11.